The van der Waals surface area contributed by atoms with Gasteiger partial charge in [0, 0.05) is 0 Å². The van der Waals surface area contributed by atoms with E-state index in [4.69, 9.17) is 4.74 Å². The Morgan fingerprint density at radius 1 is 1.04 bits per heavy atom. The van der Waals surface area contributed by atoms with Gasteiger partial charge in [0.1, 0.15) is 5.75 Å². The summed E-state index contributed by atoms with van der Waals surface area (Å²) in [4.78, 5) is 26.2. The zero-order valence-corrected chi connectivity index (χ0v) is 15.2. The highest BCUT2D eigenvalue weighted by Crippen LogP contribution is 2.23. The minimum atomic E-state index is -0.452. The molecule has 0 radical (unpaired) electrons. The minimum Gasteiger partial charge on any atom is -0.497 e. The summed E-state index contributed by atoms with van der Waals surface area (Å²) in [6.07, 6.45) is 1.92. The number of rotatable bonds is 7. The van der Waals surface area contributed by atoms with Crippen LogP contribution in [0.25, 0.3) is 0 Å². The van der Waals surface area contributed by atoms with E-state index in [1.165, 1.54) is 10.5 Å². The Morgan fingerprint density at radius 2 is 1.69 bits per heavy atom. The van der Waals surface area contributed by atoms with E-state index in [1.54, 1.807) is 7.11 Å². The van der Waals surface area contributed by atoms with E-state index in [0.717, 1.165) is 24.2 Å². The monoisotopic (exact) mass is 352 g/mol. The van der Waals surface area contributed by atoms with Crippen molar-refractivity contribution in [2.75, 3.05) is 18.6 Å². The van der Waals surface area contributed by atoms with Crippen LogP contribution >= 0.6 is 0 Å². The molecule has 2 aromatic rings. The summed E-state index contributed by atoms with van der Waals surface area (Å²) in [7, 11) is 1.64. The first-order valence-corrected chi connectivity index (χ1v) is 8.94. The van der Waals surface area contributed by atoms with Crippen molar-refractivity contribution in [1.29, 1.82) is 0 Å². The number of imide groups is 1. The van der Waals surface area contributed by atoms with Gasteiger partial charge in [0.2, 0.25) is 5.91 Å². The van der Waals surface area contributed by atoms with Crippen molar-refractivity contribution in [3.05, 3.63) is 59.7 Å². The first-order chi connectivity index (χ1) is 12.6. The molecule has 0 bridgehead atoms. The lowest BCUT2D eigenvalue weighted by Gasteiger charge is -2.16. The molecule has 2 aromatic carbocycles. The topological polar surface area (TPSA) is 58.6 Å². The Hall–Kier alpha value is -2.66. The third-order valence-corrected chi connectivity index (χ3v) is 4.71. The number of methoxy groups -OCH3 is 1. The lowest BCUT2D eigenvalue weighted by Crippen LogP contribution is -2.39. The van der Waals surface area contributed by atoms with Gasteiger partial charge in [0.15, 0.2) is 0 Å². The zero-order chi connectivity index (χ0) is 18.5. The highest BCUT2D eigenvalue weighted by molar-refractivity contribution is 6.22. The second-order valence-electron chi connectivity index (χ2n) is 6.40. The van der Waals surface area contributed by atoms with Crippen LogP contribution in [0.4, 0.5) is 5.69 Å². The molecule has 3 rings (SSSR count). The molecule has 5 nitrogen and oxygen atoms in total. The molecule has 1 heterocycles. The molecule has 5 heteroatoms. The van der Waals surface area contributed by atoms with Crippen LogP contribution in [-0.2, 0) is 22.4 Å². The molecule has 0 aliphatic carbocycles. The molecule has 1 N–H and O–H groups in total. The van der Waals surface area contributed by atoms with E-state index in [9.17, 15) is 9.59 Å². The van der Waals surface area contributed by atoms with Crippen molar-refractivity contribution >= 4 is 17.5 Å². The van der Waals surface area contributed by atoms with Gasteiger partial charge in [-0.05, 0) is 54.8 Å². The molecule has 0 aromatic heterocycles. The number of hydrogen-bond acceptors (Lipinski definition) is 4. The lowest BCUT2D eigenvalue weighted by molar-refractivity contribution is -0.121. The fourth-order valence-corrected chi connectivity index (χ4v) is 3.13. The maximum Gasteiger partial charge on any atom is 0.251 e. The largest absolute Gasteiger partial charge is 0.497 e. The smallest absolute Gasteiger partial charge is 0.251 e. The predicted octanol–water partition coefficient (Wildman–Crippen LogP) is 2.72. The summed E-state index contributed by atoms with van der Waals surface area (Å²) in [5.41, 5.74) is 2.99. The Balaban J connectivity index is 1.57. The normalized spacial score (nSPS) is 17.0. The first-order valence-electron chi connectivity index (χ1n) is 8.94. The van der Waals surface area contributed by atoms with Crippen LogP contribution in [0, 0.1) is 0 Å². The number of ether oxygens (including phenoxy) is 1. The van der Waals surface area contributed by atoms with Gasteiger partial charge >= 0.3 is 0 Å². The molecule has 1 aliphatic rings. The number of nitrogens with one attached hydrogen (secondary N) is 1. The Morgan fingerprint density at radius 3 is 2.31 bits per heavy atom. The fourth-order valence-electron chi connectivity index (χ4n) is 3.13. The molecule has 1 atom stereocenters. The van der Waals surface area contributed by atoms with Crippen LogP contribution in [0.15, 0.2) is 48.5 Å². The maximum atomic E-state index is 12.6. The van der Waals surface area contributed by atoms with Crippen LogP contribution in [0.1, 0.15) is 24.5 Å². The van der Waals surface area contributed by atoms with E-state index in [2.05, 4.69) is 12.2 Å². The van der Waals surface area contributed by atoms with Gasteiger partial charge in [-0.3, -0.25) is 9.59 Å². The highest BCUT2D eigenvalue weighted by atomic mass is 16.5. The van der Waals surface area contributed by atoms with Crippen molar-refractivity contribution in [2.24, 2.45) is 0 Å². The molecular formula is C21H24N2O3. The zero-order valence-electron chi connectivity index (χ0n) is 15.2. The highest BCUT2D eigenvalue weighted by Gasteiger charge is 2.39. The van der Waals surface area contributed by atoms with Gasteiger partial charge in [-0.1, -0.05) is 31.2 Å². The van der Waals surface area contributed by atoms with Crippen molar-refractivity contribution in [3.63, 3.8) is 0 Å². The molecule has 1 aliphatic heterocycles. The molecule has 2 amide bonds. The maximum absolute atomic E-state index is 12.6. The Labute approximate surface area is 154 Å². The molecular weight excluding hydrogens is 328 g/mol. The SMILES string of the molecule is CCc1ccc(N2C(=O)C[C@H](NCCc3ccc(OC)cc3)C2=O)cc1. The second kappa shape index (κ2) is 8.15. The quantitative estimate of drug-likeness (QED) is 0.779. The standard InChI is InChI=1S/C21H24N2O3/c1-3-15-4-8-17(9-5-15)23-20(24)14-19(21(23)25)22-13-12-16-6-10-18(26-2)11-7-16/h4-11,19,22H,3,12-14H2,1-2H3/t19-/m0/s1. The number of carbonyl (C=O) groups excluding carboxylic acids is 2. The van der Waals surface area contributed by atoms with Crippen molar-refractivity contribution < 1.29 is 14.3 Å². The van der Waals surface area contributed by atoms with E-state index in [-0.39, 0.29) is 18.2 Å². The van der Waals surface area contributed by atoms with Crippen molar-refractivity contribution in [2.45, 2.75) is 32.2 Å². The Bertz CT molecular complexity index is 769. The van der Waals surface area contributed by atoms with Gasteiger partial charge in [0.25, 0.3) is 5.91 Å². The summed E-state index contributed by atoms with van der Waals surface area (Å²) in [6, 6.07) is 15.0. The second-order valence-corrected chi connectivity index (χ2v) is 6.40. The summed E-state index contributed by atoms with van der Waals surface area (Å²) in [6.45, 7) is 2.71. The molecule has 1 fully saturated rings. The van der Waals surface area contributed by atoms with Crippen LogP contribution in [-0.4, -0.2) is 31.5 Å². The van der Waals surface area contributed by atoms with Gasteiger partial charge < -0.3 is 10.1 Å². The van der Waals surface area contributed by atoms with Crippen molar-refractivity contribution in [1.82, 2.24) is 5.32 Å². The molecule has 1 saturated heterocycles. The van der Waals surface area contributed by atoms with E-state index < -0.39 is 6.04 Å². The van der Waals surface area contributed by atoms with Crippen molar-refractivity contribution in [3.8, 4) is 5.75 Å². The first kappa shape index (κ1) is 18.1. The number of nitrogens with zero attached hydrogens (tertiary/aromatic N) is 1. The number of carbonyl (C=O) groups is 2. The number of anilines is 1. The average molecular weight is 352 g/mol. The minimum absolute atomic E-state index is 0.152. The van der Waals surface area contributed by atoms with Gasteiger partial charge in [-0.15, -0.1) is 0 Å². The fraction of sp³-hybridized carbons (Fsp3) is 0.333. The molecule has 26 heavy (non-hydrogen) atoms. The van der Waals surface area contributed by atoms with Gasteiger partial charge in [-0.2, -0.15) is 0 Å². The van der Waals surface area contributed by atoms with Gasteiger partial charge in [-0.25, -0.2) is 4.90 Å². The molecule has 0 unspecified atom stereocenters. The molecule has 0 saturated carbocycles. The van der Waals surface area contributed by atoms with E-state index in [0.29, 0.717) is 12.2 Å². The van der Waals surface area contributed by atoms with E-state index >= 15 is 0 Å². The number of amides is 2. The molecule has 136 valence electrons. The predicted molar refractivity (Wildman–Crippen MR) is 101 cm³/mol. The number of benzene rings is 2. The van der Waals surface area contributed by atoms with Crippen LogP contribution in [0.2, 0.25) is 0 Å². The summed E-state index contributed by atoms with van der Waals surface area (Å²) >= 11 is 0. The van der Waals surface area contributed by atoms with Gasteiger partial charge in [0.05, 0.1) is 25.3 Å². The Kier molecular flexibility index (Phi) is 5.68. The summed E-state index contributed by atoms with van der Waals surface area (Å²) < 4.78 is 5.15. The third-order valence-electron chi connectivity index (χ3n) is 4.71. The number of aryl methyl sites for hydroxylation is 1. The third kappa shape index (κ3) is 3.94. The van der Waals surface area contributed by atoms with Crippen LogP contribution in [0.5, 0.6) is 5.75 Å². The van der Waals surface area contributed by atoms with Crippen LogP contribution < -0.4 is 15.0 Å². The van der Waals surface area contributed by atoms with Crippen LogP contribution in [0.3, 0.4) is 0 Å². The molecule has 0 spiro atoms. The van der Waals surface area contributed by atoms with E-state index in [1.807, 2.05) is 48.5 Å². The average Bonchev–Trinajstić information content (AvgIpc) is 2.96. The number of hydrogen-bond donors (Lipinski definition) is 1. The summed E-state index contributed by atoms with van der Waals surface area (Å²) in [5, 5.41) is 3.22. The lowest BCUT2D eigenvalue weighted by atomic mass is 10.1. The summed E-state index contributed by atoms with van der Waals surface area (Å²) in [5.74, 6) is 0.498.